The molecule has 3 rings (SSSR count). The quantitative estimate of drug-likeness (QED) is 0.701. The van der Waals surface area contributed by atoms with Gasteiger partial charge in [-0.1, -0.05) is 12.1 Å². The second-order valence-corrected chi connectivity index (χ2v) is 5.65. The molecule has 0 saturated heterocycles. The van der Waals surface area contributed by atoms with E-state index in [4.69, 9.17) is 4.42 Å². The summed E-state index contributed by atoms with van der Waals surface area (Å²) in [7, 11) is 0. The van der Waals surface area contributed by atoms with E-state index in [9.17, 15) is 4.79 Å². The minimum atomic E-state index is -0.185. The van der Waals surface area contributed by atoms with Crippen molar-refractivity contribution in [2.45, 2.75) is 6.54 Å². The number of aromatic nitrogens is 1. The van der Waals surface area contributed by atoms with Crippen molar-refractivity contribution in [3.8, 4) is 0 Å². The van der Waals surface area contributed by atoms with E-state index >= 15 is 0 Å². The Balaban J connectivity index is 1.61. The van der Waals surface area contributed by atoms with Crippen LogP contribution in [0.15, 0.2) is 69.9 Å². The molecular formula is C17H14BrN3O2. The van der Waals surface area contributed by atoms with Crippen LogP contribution in [0.25, 0.3) is 0 Å². The highest BCUT2D eigenvalue weighted by atomic mass is 79.9. The lowest BCUT2D eigenvalue weighted by molar-refractivity contribution is 0.102. The largest absolute Gasteiger partial charge is 0.467 e. The Morgan fingerprint density at radius 3 is 2.70 bits per heavy atom. The van der Waals surface area contributed by atoms with Crippen LogP contribution >= 0.6 is 15.9 Å². The average molecular weight is 372 g/mol. The van der Waals surface area contributed by atoms with Gasteiger partial charge >= 0.3 is 0 Å². The first-order chi connectivity index (χ1) is 11.2. The average Bonchev–Trinajstić information content (AvgIpc) is 3.08. The molecule has 0 aliphatic rings. The number of amides is 1. The molecule has 0 spiro atoms. The number of nitrogens with one attached hydrogen (secondary N) is 2. The number of anilines is 2. The van der Waals surface area contributed by atoms with Crippen molar-refractivity contribution in [3.05, 3.63) is 76.8 Å². The number of hydrogen-bond donors (Lipinski definition) is 2. The van der Waals surface area contributed by atoms with E-state index in [1.165, 1.54) is 0 Å². The second kappa shape index (κ2) is 7.11. The fourth-order valence-electron chi connectivity index (χ4n) is 2.01. The van der Waals surface area contributed by atoms with Gasteiger partial charge in [0.1, 0.15) is 11.6 Å². The van der Waals surface area contributed by atoms with E-state index < -0.39 is 0 Å². The summed E-state index contributed by atoms with van der Waals surface area (Å²) in [5, 5.41) is 5.96. The summed E-state index contributed by atoms with van der Waals surface area (Å²) in [6, 6.07) is 14.6. The second-order valence-electron chi connectivity index (χ2n) is 4.80. The Morgan fingerprint density at radius 2 is 2.00 bits per heavy atom. The third kappa shape index (κ3) is 3.98. The zero-order valence-electron chi connectivity index (χ0n) is 12.1. The van der Waals surface area contributed by atoms with Gasteiger partial charge in [0.25, 0.3) is 5.91 Å². The molecule has 0 aliphatic carbocycles. The van der Waals surface area contributed by atoms with Crippen LogP contribution in [0.2, 0.25) is 0 Å². The smallest absolute Gasteiger partial charge is 0.256 e. The molecule has 1 amide bonds. The number of rotatable bonds is 5. The van der Waals surface area contributed by atoms with Crippen LogP contribution in [0.1, 0.15) is 16.1 Å². The minimum absolute atomic E-state index is 0.185. The summed E-state index contributed by atoms with van der Waals surface area (Å²) < 4.78 is 5.99. The Morgan fingerprint density at radius 1 is 1.13 bits per heavy atom. The van der Waals surface area contributed by atoms with E-state index in [-0.39, 0.29) is 5.91 Å². The summed E-state index contributed by atoms with van der Waals surface area (Å²) in [5.74, 6) is 1.36. The molecule has 2 N–H and O–H groups in total. The topological polar surface area (TPSA) is 67.2 Å². The molecule has 0 aliphatic heterocycles. The Labute approximate surface area is 141 Å². The van der Waals surface area contributed by atoms with Crippen molar-refractivity contribution in [2.75, 3.05) is 10.6 Å². The molecule has 0 radical (unpaired) electrons. The lowest BCUT2D eigenvalue weighted by Crippen LogP contribution is -2.12. The molecule has 0 fully saturated rings. The highest BCUT2D eigenvalue weighted by molar-refractivity contribution is 9.10. The number of nitrogens with zero attached hydrogens (tertiary/aromatic N) is 1. The van der Waals surface area contributed by atoms with Gasteiger partial charge in [0.15, 0.2) is 0 Å². The van der Waals surface area contributed by atoms with Gasteiger partial charge in [-0.15, -0.1) is 0 Å². The van der Waals surface area contributed by atoms with Crippen LogP contribution < -0.4 is 10.6 Å². The van der Waals surface area contributed by atoms with Gasteiger partial charge in [0, 0.05) is 4.47 Å². The lowest BCUT2D eigenvalue weighted by Gasteiger charge is -2.08. The van der Waals surface area contributed by atoms with E-state index in [2.05, 4.69) is 31.5 Å². The number of pyridine rings is 1. The van der Waals surface area contributed by atoms with E-state index in [0.29, 0.717) is 23.6 Å². The monoisotopic (exact) mass is 371 g/mol. The molecule has 5 nitrogen and oxygen atoms in total. The highest BCUT2D eigenvalue weighted by Crippen LogP contribution is 2.18. The SMILES string of the molecule is O=C(Nc1ccc(NCc2ccco2)nc1)c1ccccc1Br. The van der Waals surface area contributed by atoms with Crippen molar-refractivity contribution in [3.63, 3.8) is 0 Å². The van der Waals surface area contributed by atoms with E-state index in [1.807, 2.05) is 30.3 Å². The molecule has 0 unspecified atom stereocenters. The maximum Gasteiger partial charge on any atom is 0.256 e. The summed E-state index contributed by atoms with van der Waals surface area (Å²) in [4.78, 5) is 16.5. The fourth-order valence-corrected chi connectivity index (χ4v) is 2.47. The first-order valence-electron chi connectivity index (χ1n) is 7.00. The number of halogens is 1. The molecule has 0 bridgehead atoms. The highest BCUT2D eigenvalue weighted by Gasteiger charge is 2.09. The summed E-state index contributed by atoms with van der Waals surface area (Å²) in [6.45, 7) is 0.558. The van der Waals surface area contributed by atoms with Gasteiger partial charge in [-0.05, 0) is 52.3 Å². The number of furan rings is 1. The van der Waals surface area contributed by atoms with Gasteiger partial charge in [-0.25, -0.2) is 4.98 Å². The molecule has 0 atom stereocenters. The van der Waals surface area contributed by atoms with Crippen LogP contribution in [-0.4, -0.2) is 10.9 Å². The number of carbonyl (C=O) groups excluding carboxylic acids is 1. The van der Waals surface area contributed by atoms with Crippen molar-refractivity contribution in [1.82, 2.24) is 4.98 Å². The Bertz CT molecular complexity index is 786. The first-order valence-corrected chi connectivity index (χ1v) is 7.80. The molecule has 3 aromatic rings. The van der Waals surface area contributed by atoms with Crippen LogP contribution in [0.5, 0.6) is 0 Å². The molecule has 116 valence electrons. The van der Waals surface area contributed by atoms with Crippen LogP contribution in [0, 0.1) is 0 Å². The Kier molecular flexibility index (Phi) is 4.73. The molecule has 1 aromatic carbocycles. The van der Waals surface area contributed by atoms with Crippen molar-refractivity contribution < 1.29 is 9.21 Å². The predicted molar refractivity (Wildman–Crippen MR) is 92.4 cm³/mol. The normalized spacial score (nSPS) is 10.3. The van der Waals surface area contributed by atoms with Crippen LogP contribution in [0.4, 0.5) is 11.5 Å². The van der Waals surface area contributed by atoms with Crippen LogP contribution in [0.3, 0.4) is 0 Å². The van der Waals surface area contributed by atoms with Crippen molar-refractivity contribution >= 4 is 33.3 Å². The van der Waals surface area contributed by atoms with Gasteiger partial charge < -0.3 is 15.1 Å². The van der Waals surface area contributed by atoms with Gasteiger partial charge in [-0.2, -0.15) is 0 Å². The van der Waals surface area contributed by atoms with Gasteiger partial charge in [0.2, 0.25) is 0 Å². The summed E-state index contributed by atoms with van der Waals surface area (Å²) in [5.41, 5.74) is 1.21. The number of benzene rings is 1. The van der Waals surface area contributed by atoms with E-state index in [1.54, 1.807) is 30.7 Å². The standard InChI is InChI=1S/C17H14BrN3O2/c18-15-6-2-1-5-14(15)17(22)21-12-7-8-16(19-10-12)20-11-13-4-3-9-23-13/h1-10H,11H2,(H,19,20)(H,21,22). The summed E-state index contributed by atoms with van der Waals surface area (Å²) >= 11 is 3.37. The predicted octanol–water partition coefficient (Wildman–Crippen LogP) is 4.30. The Hall–Kier alpha value is -2.60. The zero-order chi connectivity index (χ0) is 16.1. The summed E-state index contributed by atoms with van der Waals surface area (Å²) in [6.07, 6.45) is 3.24. The maximum atomic E-state index is 12.2. The van der Waals surface area contributed by atoms with E-state index in [0.717, 1.165) is 10.2 Å². The fraction of sp³-hybridized carbons (Fsp3) is 0.0588. The number of carbonyl (C=O) groups is 1. The van der Waals surface area contributed by atoms with Gasteiger partial charge in [0.05, 0.1) is 30.3 Å². The molecular weight excluding hydrogens is 358 g/mol. The molecule has 6 heteroatoms. The molecule has 23 heavy (non-hydrogen) atoms. The third-order valence-electron chi connectivity index (χ3n) is 3.16. The van der Waals surface area contributed by atoms with Crippen molar-refractivity contribution in [1.29, 1.82) is 0 Å². The van der Waals surface area contributed by atoms with Crippen molar-refractivity contribution in [2.24, 2.45) is 0 Å². The van der Waals surface area contributed by atoms with Gasteiger partial charge in [-0.3, -0.25) is 4.79 Å². The molecule has 2 heterocycles. The van der Waals surface area contributed by atoms with Crippen LogP contribution in [-0.2, 0) is 6.54 Å². The first kappa shape index (κ1) is 15.3. The molecule has 2 aromatic heterocycles. The number of hydrogen-bond acceptors (Lipinski definition) is 4. The third-order valence-corrected chi connectivity index (χ3v) is 3.86. The zero-order valence-corrected chi connectivity index (χ0v) is 13.7. The maximum absolute atomic E-state index is 12.2. The molecule has 0 saturated carbocycles. The lowest BCUT2D eigenvalue weighted by atomic mass is 10.2. The minimum Gasteiger partial charge on any atom is -0.467 e.